The summed E-state index contributed by atoms with van der Waals surface area (Å²) in [6.45, 7) is 0. The van der Waals surface area contributed by atoms with Crippen molar-refractivity contribution in [3.8, 4) is 22.5 Å². The normalized spacial score (nSPS) is 21.3. The van der Waals surface area contributed by atoms with E-state index in [0.29, 0.717) is 17.0 Å². The standard InChI is InChI=1S/C24H23F3N4O/c25-24(26,27)18-7-3-16(4-8-18)21-22(29)30-13-20(31-21)15-1-5-17(6-2-15)23(14-32)11-9-19(28)10-12-23/h1-8,13-14,19H,9-12,28H2,(H2,29,30). The van der Waals surface area contributed by atoms with Crippen molar-refractivity contribution in [2.45, 2.75) is 43.3 Å². The first-order chi connectivity index (χ1) is 15.2. The second-order valence-corrected chi connectivity index (χ2v) is 8.25. The Hall–Kier alpha value is -3.26. The molecule has 1 aliphatic carbocycles. The van der Waals surface area contributed by atoms with Crippen molar-refractivity contribution in [2.24, 2.45) is 5.73 Å². The quantitative estimate of drug-likeness (QED) is 0.571. The third-order valence-electron chi connectivity index (χ3n) is 6.19. The molecule has 5 nitrogen and oxygen atoms in total. The van der Waals surface area contributed by atoms with E-state index in [2.05, 4.69) is 9.97 Å². The summed E-state index contributed by atoms with van der Waals surface area (Å²) < 4.78 is 38.5. The molecule has 8 heteroatoms. The highest BCUT2D eigenvalue weighted by molar-refractivity contribution is 5.74. The van der Waals surface area contributed by atoms with Gasteiger partial charge in [0.1, 0.15) is 17.8 Å². The fourth-order valence-corrected chi connectivity index (χ4v) is 4.17. The van der Waals surface area contributed by atoms with E-state index in [4.69, 9.17) is 11.5 Å². The highest BCUT2D eigenvalue weighted by atomic mass is 19.4. The number of rotatable bonds is 4. The average molecular weight is 440 g/mol. The van der Waals surface area contributed by atoms with Gasteiger partial charge in [0.15, 0.2) is 0 Å². The zero-order valence-electron chi connectivity index (χ0n) is 17.3. The van der Waals surface area contributed by atoms with Crippen LogP contribution in [0.2, 0.25) is 0 Å². The third-order valence-corrected chi connectivity index (χ3v) is 6.19. The second kappa shape index (κ2) is 8.35. The van der Waals surface area contributed by atoms with Crippen molar-refractivity contribution in [3.63, 3.8) is 0 Å². The minimum Gasteiger partial charge on any atom is -0.382 e. The molecule has 1 saturated carbocycles. The van der Waals surface area contributed by atoms with Crippen LogP contribution in [0.15, 0.2) is 54.7 Å². The molecule has 1 fully saturated rings. The summed E-state index contributed by atoms with van der Waals surface area (Å²) in [6, 6.07) is 12.3. The Kier molecular flexibility index (Phi) is 5.73. The van der Waals surface area contributed by atoms with Crippen LogP contribution in [0.3, 0.4) is 0 Å². The monoisotopic (exact) mass is 440 g/mol. The third kappa shape index (κ3) is 4.23. The van der Waals surface area contributed by atoms with Gasteiger partial charge in [-0.25, -0.2) is 9.97 Å². The zero-order chi connectivity index (χ0) is 22.9. The van der Waals surface area contributed by atoms with E-state index in [0.717, 1.165) is 55.2 Å². The Morgan fingerprint density at radius 2 is 1.56 bits per heavy atom. The highest BCUT2D eigenvalue weighted by Crippen LogP contribution is 2.38. The first-order valence-electron chi connectivity index (χ1n) is 10.3. The smallest absolute Gasteiger partial charge is 0.382 e. The number of anilines is 1. The minimum atomic E-state index is -4.42. The van der Waals surface area contributed by atoms with Crippen molar-refractivity contribution in [1.29, 1.82) is 0 Å². The Bertz CT molecular complexity index is 1100. The molecule has 2 aromatic carbocycles. The first-order valence-corrected chi connectivity index (χ1v) is 10.3. The Morgan fingerprint density at radius 1 is 0.969 bits per heavy atom. The number of hydrogen-bond acceptors (Lipinski definition) is 5. The van der Waals surface area contributed by atoms with Gasteiger partial charge in [0.25, 0.3) is 0 Å². The van der Waals surface area contributed by atoms with E-state index in [9.17, 15) is 18.0 Å². The molecule has 0 saturated heterocycles. The summed E-state index contributed by atoms with van der Waals surface area (Å²) >= 11 is 0. The van der Waals surface area contributed by atoms with Crippen LogP contribution in [0.25, 0.3) is 22.5 Å². The number of aromatic nitrogens is 2. The lowest BCUT2D eigenvalue weighted by atomic mass is 9.69. The predicted octanol–water partition coefficient (Wildman–Crippen LogP) is 4.75. The largest absolute Gasteiger partial charge is 0.416 e. The molecule has 166 valence electrons. The molecule has 1 aromatic heterocycles. The van der Waals surface area contributed by atoms with E-state index in [1.807, 2.05) is 24.3 Å². The molecule has 3 aromatic rings. The van der Waals surface area contributed by atoms with Crippen LogP contribution < -0.4 is 11.5 Å². The molecule has 4 rings (SSSR count). The number of carbonyl (C=O) groups excluding carboxylic acids is 1. The average Bonchev–Trinajstić information content (AvgIpc) is 2.80. The topological polar surface area (TPSA) is 94.9 Å². The molecule has 0 unspecified atom stereocenters. The molecular formula is C24H23F3N4O. The SMILES string of the molecule is Nc1ncc(-c2ccc(C3(C=O)CCC(N)CC3)cc2)nc1-c1ccc(C(F)(F)F)cc1. The molecular weight excluding hydrogens is 417 g/mol. The summed E-state index contributed by atoms with van der Waals surface area (Å²) in [7, 11) is 0. The number of halogens is 3. The molecule has 4 N–H and O–H groups in total. The number of nitrogen functional groups attached to an aromatic ring is 1. The fraction of sp³-hybridized carbons (Fsp3) is 0.292. The lowest BCUT2D eigenvalue weighted by Crippen LogP contribution is -2.38. The van der Waals surface area contributed by atoms with E-state index >= 15 is 0 Å². The lowest BCUT2D eigenvalue weighted by molar-refractivity contribution is -0.137. The molecule has 1 aliphatic rings. The number of nitrogens with two attached hydrogens (primary N) is 2. The fourth-order valence-electron chi connectivity index (χ4n) is 4.17. The van der Waals surface area contributed by atoms with Gasteiger partial charge in [0.2, 0.25) is 0 Å². The maximum Gasteiger partial charge on any atom is 0.416 e. The van der Waals surface area contributed by atoms with Gasteiger partial charge in [0.05, 0.1) is 22.9 Å². The van der Waals surface area contributed by atoms with Crippen LogP contribution in [0.5, 0.6) is 0 Å². The van der Waals surface area contributed by atoms with Crippen LogP contribution in [-0.2, 0) is 16.4 Å². The number of aldehydes is 1. The van der Waals surface area contributed by atoms with Crippen LogP contribution in [0.1, 0.15) is 36.8 Å². The maximum atomic E-state index is 12.8. The highest BCUT2D eigenvalue weighted by Gasteiger charge is 2.35. The zero-order valence-corrected chi connectivity index (χ0v) is 17.3. The van der Waals surface area contributed by atoms with Crippen LogP contribution >= 0.6 is 0 Å². The molecule has 0 spiro atoms. The molecule has 0 radical (unpaired) electrons. The summed E-state index contributed by atoms with van der Waals surface area (Å²) in [5.74, 6) is 0.128. The summed E-state index contributed by atoms with van der Waals surface area (Å²) in [5.41, 5.74) is 13.7. The molecule has 1 heterocycles. The van der Waals surface area contributed by atoms with E-state index in [1.54, 1.807) is 0 Å². The Morgan fingerprint density at radius 3 is 2.12 bits per heavy atom. The summed E-state index contributed by atoms with van der Waals surface area (Å²) in [4.78, 5) is 20.6. The molecule has 0 amide bonds. The van der Waals surface area contributed by atoms with Crippen LogP contribution in [-0.4, -0.2) is 22.3 Å². The van der Waals surface area contributed by atoms with Crippen molar-refractivity contribution >= 4 is 12.1 Å². The van der Waals surface area contributed by atoms with Gasteiger partial charge in [0, 0.05) is 17.2 Å². The van der Waals surface area contributed by atoms with Gasteiger partial charge in [-0.2, -0.15) is 13.2 Å². The van der Waals surface area contributed by atoms with Crippen molar-refractivity contribution in [3.05, 3.63) is 65.9 Å². The minimum absolute atomic E-state index is 0.128. The van der Waals surface area contributed by atoms with Crippen LogP contribution in [0.4, 0.5) is 19.0 Å². The number of carbonyl (C=O) groups is 1. The van der Waals surface area contributed by atoms with E-state index < -0.39 is 17.2 Å². The van der Waals surface area contributed by atoms with Crippen molar-refractivity contribution in [2.75, 3.05) is 5.73 Å². The van der Waals surface area contributed by atoms with E-state index in [1.165, 1.54) is 18.3 Å². The Labute approximate surface area is 183 Å². The number of nitrogens with zero attached hydrogens (tertiary/aromatic N) is 2. The number of alkyl halides is 3. The van der Waals surface area contributed by atoms with Crippen molar-refractivity contribution in [1.82, 2.24) is 9.97 Å². The van der Waals surface area contributed by atoms with Gasteiger partial charge < -0.3 is 16.3 Å². The maximum absolute atomic E-state index is 12.8. The molecule has 0 aliphatic heterocycles. The van der Waals surface area contributed by atoms with Gasteiger partial charge >= 0.3 is 6.18 Å². The summed E-state index contributed by atoms with van der Waals surface area (Å²) in [5, 5.41) is 0. The van der Waals surface area contributed by atoms with Gasteiger partial charge in [-0.05, 0) is 43.4 Å². The van der Waals surface area contributed by atoms with Gasteiger partial charge in [-0.3, -0.25) is 0 Å². The predicted molar refractivity (Wildman–Crippen MR) is 117 cm³/mol. The number of hydrogen-bond donors (Lipinski definition) is 2. The van der Waals surface area contributed by atoms with Gasteiger partial charge in [-0.15, -0.1) is 0 Å². The number of benzene rings is 2. The van der Waals surface area contributed by atoms with E-state index in [-0.39, 0.29) is 11.9 Å². The van der Waals surface area contributed by atoms with Crippen molar-refractivity contribution < 1.29 is 18.0 Å². The lowest BCUT2D eigenvalue weighted by Gasteiger charge is -2.35. The Balaban J connectivity index is 1.63. The first kappa shape index (κ1) is 22.0. The van der Waals surface area contributed by atoms with Gasteiger partial charge in [-0.1, -0.05) is 36.4 Å². The second-order valence-electron chi connectivity index (χ2n) is 8.25. The summed E-state index contributed by atoms with van der Waals surface area (Å²) in [6.07, 6.45) is 1.18. The van der Waals surface area contributed by atoms with Crippen LogP contribution in [0, 0.1) is 0 Å². The molecule has 32 heavy (non-hydrogen) atoms. The molecule has 0 bridgehead atoms. The molecule has 0 atom stereocenters.